The van der Waals surface area contributed by atoms with Crippen LogP contribution in [0.25, 0.3) is 55.1 Å². The normalized spacial score (nSPS) is 11.7. The minimum absolute atomic E-state index is 0.752. The molecule has 2 heterocycles. The van der Waals surface area contributed by atoms with E-state index in [0.717, 1.165) is 55.7 Å². The van der Waals surface area contributed by atoms with Gasteiger partial charge in [-0.1, -0.05) is 36.4 Å². The average molecular weight is 417 g/mol. The smallest absolute Gasteiger partial charge is 0.221 e. The van der Waals surface area contributed by atoms with Gasteiger partial charge in [-0.3, -0.25) is 0 Å². The van der Waals surface area contributed by atoms with Crippen LogP contribution < -0.4 is 20.6 Å². The first kappa shape index (κ1) is 18.6. The molecule has 32 heavy (non-hydrogen) atoms. The number of benzene rings is 4. The van der Waals surface area contributed by atoms with Gasteiger partial charge >= 0.3 is 0 Å². The summed E-state index contributed by atoms with van der Waals surface area (Å²) in [5.74, 6) is 0. The van der Waals surface area contributed by atoms with Crippen molar-refractivity contribution in [3.63, 3.8) is 0 Å². The van der Waals surface area contributed by atoms with Gasteiger partial charge in [0.1, 0.15) is 14.1 Å². The fourth-order valence-electron chi connectivity index (χ4n) is 5.22. The Labute approximate surface area is 186 Å². The van der Waals surface area contributed by atoms with Gasteiger partial charge in [-0.05, 0) is 36.4 Å². The molecule has 0 fully saturated rings. The molecule has 4 aromatic carbocycles. The molecule has 0 atom stereocenters. The molecule has 0 saturated heterocycles. The molecule has 4 N–H and O–H groups in total. The summed E-state index contributed by atoms with van der Waals surface area (Å²) in [4.78, 5) is 0. The van der Waals surface area contributed by atoms with E-state index in [0.29, 0.717) is 0 Å². The molecule has 0 radical (unpaired) electrons. The van der Waals surface area contributed by atoms with Crippen LogP contribution in [0, 0.1) is 0 Å². The number of pyridine rings is 2. The lowest BCUT2D eigenvalue weighted by Crippen LogP contribution is -2.36. The SMILES string of the molecule is C[n+]1c(-c2ccccc2)c2cc(N)cc3c2c2c(cc(N)cc21)c(-c1ccccc1)[n+]3C. The highest BCUT2D eigenvalue weighted by molar-refractivity contribution is 6.24. The van der Waals surface area contributed by atoms with E-state index in [1.807, 2.05) is 12.1 Å². The summed E-state index contributed by atoms with van der Waals surface area (Å²) in [5, 5.41) is 4.71. The molecule has 6 aromatic rings. The third-order valence-electron chi connectivity index (χ3n) is 6.53. The fraction of sp³-hybridized carbons (Fsp3) is 0.0714. The Bertz CT molecular complexity index is 1510. The quantitative estimate of drug-likeness (QED) is 0.244. The van der Waals surface area contributed by atoms with Crippen LogP contribution in [-0.4, -0.2) is 0 Å². The van der Waals surface area contributed by atoms with E-state index in [1.54, 1.807) is 0 Å². The van der Waals surface area contributed by atoms with Crippen molar-refractivity contribution in [3.05, 3.63) is 84.9 Å². The van der Waals surface area contributed by atoms with Crippen LogP contribution >= 0.6 is 0 Å². The van der Waals surface area contributed by atoms with Gasteiger partial charge in [-0.25, -0.2) is 0 Å². The van der Waals surface area contributed by atoms with Crippen molar-refractivity contribution < 1.29 is 9.13 Å². The second-order valence-electron chi connectivity index (χ2n) is 8.47. The van der Waals surface area contributed by atoms with Gasteiger partial charge in [0.25, 0.3) is 0 Å². The number of nitrogens with two attached hydrogens (primary N) is 2. The van der Waals surface area contributed by atoms with Crippen molar-refractivity contribution in [1.82, 2.24) is 0 Å². The van der Waals surface area contributed by atoms with Gasteiger partial charge in [-0.15, -0.1) is 0 Å². The molecular weight excluding hydrogens is 392 g/mol. The summed E-state index contributed by atoms with van der Waals surface area (Å²) in [6.45, 7) is 0. The van der Waals surface area contributed by atoms with Crippen LogP contribution in [0.5, 0.6) is 0 Å². The van der Waals surface area contributed by atoms with Gasteiger partial charge in [0.15, 0.2) is 0 Å². The van der Waals surface area contributed by atoms with Crippen LogP contribution in [-0.2, 0) is 14.1 Å². The number of nitrogen functional groups attached to an aromatic ring is 2. The first-order valence-corrected chi connectivity index (χ1v) is 10.7. The summed E-state index contributed by atoms with van der Waals surface area (Å²) in [5.41, 5.74) is 21.2. The Hall–Kier alpha value is -4.18. The van der Waals surface area contributed by atoms with Crippen molar-refractivity contribution >= 4 is 44.0 Å². The Balaban J connectivity index is 1.94. The zero-order valence-corrected chi connectivity index (χ0v) is 18.1. The van der Waals surface area contributed by atoms with E-state index < -0.39 is 0 Å². The molecule has 4 heteroatoms. The molecule has 0 bridgehead atoms. The first-order chi connectivity index (χ1) is 15.5. The van der Waals surface area contributed by atoms with Crippen LogP contribution in [0.4, 0.5) is 11.4 Å². The number of anilines is 2. The van der Waals surface area contributed by atoms with Gasteiger partial charge in [0, 0.05) is 34.6 Å². The Kier molecular flexibility index (Phi) is 3.87. The van der Waals surface area contributed by atoms with Gasteiger partial charge in [-0.2, -0.15) is 9.13 Å². The fourth-order valence-corrected chi connectivity index (χ4v) is 5.22. The number of nitrogens with zero attached hydrogens (tertiary/aromatic N) is 2. The van der Waals surface area contributed by atoms with E-state index >= 15 is 0 Å². The first-order valence-electron chi connectivity index (χ1n) is 10.7. The van der Waals surface area contributed by atoms with Gasteiger partial charge < -0.3 is 11.5 Å². The Morgan fingerprint density at radius 1 is 0.531 bits per heavy atom. The number of hydrogen-bond acceptors (Lipinski definition) is 2. The lowest BCUT2D eigenvalue weighted by Gasteiger charge is -2.16. The zero-order valence-electron chi connectivity index (χ0n) is 18.1. The molecule has 0 spiro atoms. The van der Waals surface area contributed by atoms with E-state index in [1.165, 1.54) is 10.8 Å². The highest BCUT2D eigenvalue weighted by Crippen LogP contribution is 2.41. The topological polar surface area (TPSA) is 59.8 Å². The third kappa shape index (κ3) is 2.50. The zero-order chi connectivity index (χ0) is 22.0. The van der Waals surface area contributed by atoms with E-state index in [4.69, 9.17) is 11.5 Å². The van der Waals surface area contributed by atoms with Crippen LogP contribution in [0.15, 0.2) is 84.9 Å². The molecule has 0 saturated carbocycles. The van der Waals surface area contributed by atoms with Crippen LogP contribution in [0.3, 0.4) is 0 Å². The van der Waals surface area contributed by atoms with Crippen LogP contribution in [0.2, 0.25) is 0 Å². The predicted molar refractivity (Wildman–Crippen MR) is 132 cm³/mol. The maximum absolute atomic E-state index is 6.47. The number of rotatable bonds is 2. The Morgan fingerprint density at radius 3 is 1.28 bits per heavy atom. The molecule has 154 valence electrons. The Morgan fingerprint density at radius 2 is 0.906 bits per heavy atom. The highest BCUT2D eigenvalue weighted by Gasteiger charge is 2.31. The minimum atomic E-state index is 0.752. The third-order valence-corrected chi connectivity index (χ3v) is 6.53. The van der Waals surface area contributed by atoms with Gasteiger partial charge in [0.05, 0.1) is 21.5 Å². The number of aryl methyl sites for hydroxylation is 2. The molecular formula is C28H24N4+2. The lowest BCUT2D eigenvalue weighted by molar-refractivity contribution is -0.634. The number of aromatic nitrogens is 2. The second kappa shape index (κ2) is 6.66. The summed E-state index contributed by atoms with van der Waals surface area (Å²) in [6, 6.07) is 29.3. The second-order valence-corrected chi connectivity index (χ2v) is 8.47. The van der Waals surface area contributed by atoms with Crippen molar-refractivity contribution in [2.24, 2.45) is 14.1 Å². The lowest BCUT2D eigenvalue weighted by atomic mass is 9.92. The predicted octanol–water partition coefficient (Wildman–Crippen LogP) is 4.73. The maximum Gasteiger partial charge on any atom is 0.221 e. The molecule has 0 amide bonds. The number of hydrogen-bond donors (Lipinski definition) is 2. The largest absolute Gasteiger partial charge is 0.399 e. The van der Waals surface area contributed by atoms with Crippen molar-refractivity contribution in [1.29, 1.82) is 0 Å². The minimum Gasteiger partial charge on any atom is -0.399 e. The average Bonchev–Trinajstić information content (AvgIpc) is 2.80. The molecule has 0 aliphatic rings. The van der Waals surface area contributed by atoms with E-state index in [-0.39, 0.29) is 0 Å². The summed E-state index contributed by atoms with van der Waals surface area (Å²) in [6.07, 6.45) is 0. The van der Waals surface area contributed by atoms with Crippen molar-refractivity contribution in [2.75, 3.05) is 11.5 Å². The van der Waals surface area contributed by atoms with E-state index in [2.05, 4.69) is 96.0 Å². The standard InChI is InChI=1S/C28H23N4/c1-31-23-15-19(29)14-22-25(23)26-21(27(31)17-9-5-3-6-10-17)13-20(30)16-24(26)32(2)28(22)18-11-7-4-8-12-18/h3-16,29H,30H2,1-2H3/q+1/p+1. The molecule has 6 rings (SSSR count). The molecule has 4 nitrogen and oxygen atoms in total. The molecule has 0 aliphatic carbocycles. The van der Waals surface area contributed by atoms with Crippen molar-refractivity contribution in [2.45, 2.75) is 0 Å². The van der Waals surface area contributed by atoms with Crippen LogP contribution in [0.1, 0.15) is 0 Å². The summed E-state index contributed by atoms with van der Waals surface area (Å²) < 4.78 is 4.51. The highest BCUT2D eigenvalue weighted by atomic mass is 15.0. The summed E-state index contributed by atoms with van der Waals surface area (Å²) >= 11 is 0. The molecule has 0 aliphatic heterocycles. The monoisotopic (exact) mass is 416 g/mol. The molecule has 2 aromatic heterocycles. The van der Waals surface area contributed by atoms with Gasteiger partial charge in [0.2, 0.25) is 22.4 Å². The van der Waals surface area contributed by atoms with E-state index in [9.17, 15) is 0 Å². The summed E-state index contributed by atoms with van der Waals surface area (Å²) in [7, 11) is 4.23. The maximum atomic E-state index is 6.47. The van der Waals surface area contributed by atoms with Crippen molar-refractivity contribution in [3.8, 4) is 22.5 Å². The molecule has 0 unspecified atom stereocenters.